The third kappa shape index (κ3) is 3.47. The van der Waals surface area contributed by atoms with E-state index < -0.39 is 5.54 Å². The second-order valence-corrected chi connectivity index (χ2v) is 4.55. The number of methoxy groups -OCH3 is 1. The van der Waals surface area contributed by atoms with Gasteiger partial charge in [0.25, 0.3) is 0 Å². The average molecular weight is 214 g/mol. The monoisotopic (exact) mass is 214 g/mol. The molecule has 1 atom stereocenters. The standard InChI is InChI=1S/C11H22N2O2/c1-9(8-15-2)13-10(14)11(12)6-4-3-5-7-11/h9H,3-8,12H2,1-2H3,(H,13,14). The normalized spacial score (nSPS) is 22.1. The van der Waals surface area contributed by atoms with Crippen LogP contribution in [0.5, 0.6) is 0 Å². The minimum Gasteiger partial charge on any atom is -0.383 e. The lowest BCUT2D eigenvalue weighted by Gasteiger charge is -2.32. The lowest BCUT2D eigenvalue weighted by molar-refractivity contribution is -0.128. The minimum absolute atomic E-state index is 0.0215. The van der Waals surface area contributed by atoms with E-state index in [0.717, 1.165) is 25.7 Å². The predicted octanol–water partition coefficient (Wildman–Crippen LogP) is 0.799. The van der Waals surface area contributed by atoms with Crippen molar-refractivity contribution in [3.8, 4) is 0 Å². The predicted molar refractivity (Wildman–Crippen MR) is 59.5 cm³/mol. The largest absolute Gasteiger partial charge is 0.383 e. The van der Waals surface area contributed by atoms with Crippen molar-refractivity contribution in [1.82, 2.24) is 5.32 Å². The van der Waals surface area contributed by atoms with E-state index in [1.54, 1.807) is 7.11 Å². The van der Waals surface area contributed by atoms with E-state index in [2.05, 4.69) is 5.32 Å². The first kappa shape index (κ1) is 12.5. The molecule has 0 aromatic rings. The first-order chi connectivity index (χ1) is 7.08. The Hall–Kier alpha value is -0.610. The van der Waals surface area contributed by atoms with Crippen LogP contribution in [0, 0.1) is 0 Å². The minimum atomic E-state index is -0.639. The Morgan fingerprint density at radius 3 is 2.60 bits per heavy atom. The summed E-state index contributed by atoms with van der Waals surface area (Å²) in [5.41, 5.74) is 5.46. The van der Waals surface area contributed by atoms with E-state index >= 15 is 0 Å². The molecule has 4 nitrogen and oxygen atoms in total. The van der Waals surface area contributed by atoms with Crippen LogP contribution >= 0.6 is 0 Å². The highest BCUT2D eigenvalue weighted by molar-refractivity contribution is 5.86. The number of carbonyl (C=O) groups excluding carboxylic acids is 1. The first-order valence-corrected chi connectivity index (χ1v) is 5.67. The van der Waals surface area contributed by atoms with Crippen LogP contribution in [0.25, 0.3) is 0 Å². The van der Waals surface area contributed by atoms with Gasteiger partial charge < -0.3 is 15.8 Å². The molecule has 1 amide bonds. The Bertz CT molecular complexity index is 213. The zero-order chi connectivity index (χ0) is 11.3. The topological polar surface area (TPSA) is 64.3 Å². The number of nitrogens with two attached hydrogens (primary N) is 1. The molecule has 1 saturated carbocycles. The summed E-state index contributed by atoms with van der Waals surface area (Å²) >= 11 is 0. The van der Waals surface area contributed by atoms with Crippen LogP contribution in [0.2, 0.25) is 0 Å². The molecule has 1 rings (SSSR count). The summed E-state index contributed by atoms with van der Waals surface area (Å²) in [5, 5.41) is 2.90. The van der Waals surface area contributed by atoms with E-state index in [4.69, 9.17) is 10.5 Å². The smallest absolute Gasteiger partial charge is 0.240 e. The fourth-order valence-electron chi connectivity index (χ4n) is 2.07. The third-order valence-electron chi connectivity index (χ3n) is 2.99. The van der Waals surface area contributed by atoms with Crippen LogP contribution in [-0.2, 0) is 9.53 Å². The highest BCUT2D eigenvalue weighted by Crippen LogP contribution is 2.25. The molecule has 3 N–H and O–H groups in total. The molecule has 15 heavy (non-hydrogen) atoms. The van der Waals surface area contributed by atoms with Crippen molar-refractivity contribution in [1.29, 1.82) is 0 Å². The van der Waals surface area contributed by atoms with Crippen LogP contribution < -0.4 is 11.1 Å². The summed E-state index contributed by atoms with van der Waals surface area (Å²) in [5.74, 6) is -0.0215. The molecule has 0 saturated heterocycles. The molecule has 0 heterocycles. The van der Waals surface area contributed by atoms with Crippen molar-refractivity contribution in [3.63, 3.8) is 0 Å². The number of amides is 1. The molecule has 1 fully saturated rings. The quantitative estimate of drug-likeness (QED) is 0.727. The van der Waals surface area contributed by atoms with Gasteiger partial charge in [0.2, 0.25) is 5.91 Å². The highest BCUT2D eigenvalue weighted by atomic mass is 16.5. The lowest BCUT2D eigenvalue weighted by atomic mass is 9.82. The number of ether oxygens (including phenoxy) is 1. The average Bonchev–Trinajstić information content (AvgIpc) is 2.19. The third-order valence-corrected chi connectivity index (χ3v) is 2.99. The second-order valence-electron chi connectivity index (χ2n) is 4.55. The van der Waals surface area contributed by atoms with Crippen molar-refractivity contribution in [3.05, 3.63) is 0 Å². The van der Waals surface area contributed by atoms with Crippen molar-refractivity contribution in [2.45, 2.75) is 50.6 Å². The molecule has 1 aliphatic rings. The van der Waals surface area contributed by atoms with Gasteiger partial charge in [-0.05, 0) is 19.8 Å². The van der Waals surface area contributed by atoms with Gasteiger partial charge in [0.15, 0.2) is 0 Å². The molecule has 88 valence electrons. The van der Waals surface area contributed by atoms with Crippen LogP contribution in [0.1, 0.15) is 39.0 Å². The molecule has 0 radical (unpaired) electrons. The van der Waals surface area contributed by atoms with Gasteiger partial charge in [-0.15, -0.1) is 0 Å². The molecular formula is C11H22N2O2. The van der Waals surface area contributed by atoms with Gasteiger partial charge in [0.1, 0.15) is 0 Å². The van der Waals surface area contributed by atoms with Gasteiger partial charge >= 0.3 is 0 Å². The summed E-state index contributed by atoms with van der Waals surface area (Å²) in [6.07, 6.45) is 4.92. The highest BCUT2D eigenvalue weighted by Gasteiger charge is 2.35. The van der Waals surface area contributed by atoms with Gasteiger partial charge in [-0.25, -0.2) is 0 Å². The Kier molecular flexibility index (Phi) is 4.54. The SMILES string of the molecule is COCC(C)NC(=O)C1(N)CCCCC1. The summed E-state index contributed by atoms with van der Waals surface area (Å²) < 4.78 is 4.97. The summed E-state index contributed by atoms with van der Waals surface area (Å²) in [6, 6.07) is 0.0323. The maximum Gasteiger partial charge on any atom is 0.240 e. The second kappa shape index (κ2) is 5.47. The van der Waals surface area contributed by atoms with Gasteiger partial charge in [-0.3, -0.25) is 4.79 Å². The Balaban J connectivity index is 2.44. The van der Waals surface area contributed by atoms with Crippen LogP contribution in [-0.4, -0.2) is 31.2 Å². The molecule has 0 bridgehead atoms. The number of carbonyl (C=O) groups is 1. The van der Waals surface area contributed by atoms with Crippen molar-refractivity contribution in [2.75, 3.05) is 13.7 Å². The van der Waals surface area contributed by atoms with E-state index in [1.165, 1.54) is 6.42 Å². The van der Waals surface area contributed by atoms with Crippen LogP contribution in [0.15, 0.2) is 0 Å². The molecule has 1 aliphatic carbocycles. The van der Waals surface area contributed by atoms with Crippen molar-refractivity contribution < 1.29 is 9.53 Å². The Morgan fingerprint density at radius 2 is 2.07 bits per heavy atom. The van der Waals surface area contributed by atoms with E-state index in [1.807, 2.05) is 6.92 Å². The molecule has 0 aromatic carbocycles. The molecule has 0 spiro atoms. The zero-order valence-corrected chi connectivity index (χ0v) is 9.71. The fourth-order valence-corrected chi connectivity index (χ4v) is 2.07. The van der Waals surface area contributed by atoms with Gasteiger partial charge in [0, 0.05) is 13.2 Å². The first-order valence-electron chi connectivity index (χ1n) is 5.67. The summed E-state index contributed by atoms with van der Waals surface area (Å²) in [4.78, 5) is 11.9. The molecule has 0 aromatic heterocycles. The fraction of sp³-hybridized carbons (Fsp3) is 0.909. The van der Waals surface area contributed by atoms with Crippen LogP contribution in [0.3, 0.4) is 0 Å². The number of hydrogen-bond donors (Lipinski definition) is 2. The Labute approximate surface area is 91.5 Å². The van der Waals surface area contributed by atoms with Crippen molar-refractivity contribution in [2.24, 2.45) is 5.73 Å². The van der Waals surface area contributed by atoms with Crippen molar-refractivity contribution >= 4 is 5.91 Å². The molecule has 4 heteroatoms. The molecule has 1 unspecified atom stereocenters. The number of nitrogens with one attached hydrogen (secondary N) is 1. The van der Waals surface area contributed by atoms with Gasteiger partial charge in [0.05, 0.1) is 12.1 Å². The maximum absolute atomic E-state index is 11.9. The number of rotatable bonds is 4. The number of hydrogen-bond acceptors (Lipinski definition) is 3. The Morgan fingerprint density at radius 1 is 1.47 bits per heavy atom. The zero-order valence-electron chi connectivity index (χ0n) is 9.71. The van der Waals surface area contributed by atoms with Gasteiger partial charge in [-0.1, -0.05) is 19.3 Å². The lowest BCUT2D eigenvalue weighted by Crippen LogP contribution is -2.57. The molecule has 0 aliphatic heterocycles. The van der Waals surface area contributed by atoms with E-state index in [-0.39, 0.29) is 11.9 Å². The van der Waals surface area contributed by atoms with E-state index in [0.29, 0.717) is 6.61 Å². The molecular weight excluding hydrogens is 192 g/mol. The van der Waals surface area contributed by atoms with Crippen LogP contribution in [0.4, 0.5) is 0 Å². The summed E-state index contributed by atoms with van der Waals surface area (Å²) in [6.45, 7) is 2.45. The van der Waals surface area contributed by atoms with Gasteiger partial charge in [-0.2, -0.15) is 0 Å². The van der Waals surface area contributed by atoms with E-state index in [9.17, 15) is 4.79 Å². The summed E-state index contributed by atoms with van der Waals surface area (Å²) in [7, 11) is 1.63. The maximum atomic E-state index is 11.9.